The third kappa shape index (κ3) is 6.73. The van der Waals surface area contributed by atoms with Gasteiger partial charge in [0.05, 0.1) is 33.9 Å². The van der Waals surface area contributed by atoms with E-state index < -0.39 is 0 Å². The van der Waals surface area contributed by atoms with Crippen molar-refractivity contribution in [2.45, 2.75) is 39.2 Å². The molecule has 8 heteroatoms. The number of hydrogen-bond acceptors (Lipinski definition) is 6. The number of thiophene rings is 1. The van der Waals surface area contributed by atoms with Crippen molar-refractivity contribution in [2.24, 2.45) is 5.92 Å². The van der Waals surface area contributed by atoms with Crippen LogP contribution in [-0.2, 0) is 27.3 Å². The minimum absolute atomic E-state index is 0.0444. The molecule has 1 saturated carbocycles. The van der Waals surface area contributed by atoms with Gasteiger partial charge in [0, 0.05) is 31.0 Å². The first-order valence-electron chi connectivity index (χ1n) is 11.8. The molecule has 0 unspecified atom stereocenters. The maximum Gasteiger partial charge on any atom is 0.242 e. The van der Waals surface area contributed by atoms with Crippen LogP contribution in [0.2, 0.25) is 0 Å². The summed E-state index contributed by atoms with van der Waals surface area (Å²) < 4.78 is 16.0. The quantitative estimate of drug-likeness (QED) is 0.428. The molecule has 34 heavy (non-hydrogen) atoms. The van der Waals surface area contributed by atoms with E-state index in [-0.39, 0.29) is 24.3 Å². The lowest BCUT2D eigenvalue weighted by molar-refractivity contribution is -0.145. The van der Waals surface area contributed by atoms with Crippen LogP contribution in [0.3, 0.4) is 0 Å². The third-order valence-electron chi connectivity index (χ3n) is 6.43. The fourth-order valence-corrected chi connectivity index (χ4v) is 4.90. The molecule has 0 N–H and O–H groups in total. The predicted octanol–water partition coefficient (Wildman–Crippen LogP) is 3.92. The van der Waals surface area contributed by atoms with Crippen molar-refractivity contribution in [3.63, 3.8) is 0 Å². The summed E-state index contributed by atoms with van der Waals surface area (Å²) in [5.74, 6) is 1.42. The Morgan fingerprint density at radius 1 is 1.03 bits per heavy atom. The zero-order valence-electron chi connectivity index (χ0n) is 20.7. The summed E-state index contributed by atoms with van der Waals surface area (Å²) in [6.45, 7) is 4.07. The van der Waals surface area contributed by atoms with Crippen LogP contribution in [0, 0.1) is 12.8 Å². The molecule has 0 bridgehead atoms. The van der Waals surface area contributed by atoms with Gasteiger partial charge in [-0.3, -0.25) is 9.59 Å². The number of benzene rings is 1. The molecule has 2 amide bonds. The molecule has 1 aliphatic rings. The highest BCUT2D eigenvalue weighted by atomic mass is 32.1. The third-order valence-corrected chi connectivity index (χ3v) is 7.44. The number of carbonyl (C=O) groups is 2. The van der Waals surface area contributed by atoms with Gasteiger partial charge >= 0.3 is 0 Å². The average Bonchev–Trinajstić information content (AvgIpc) is 3.21. The first-order valence-corrected chi connectivity index (χ1v) is 12.6. The van der Waals surface area contributed by atoms with Crippen molar-refractivity contribution in [3.05, 3.63) is 45.6 Å². The summed E-state index contributed by atoms with van der Waals surface area (Å²) >= 11 is 1.65. The lowest BCUT2D eigenvalue weighted by Crippen LogP contribution is -2.47. The first kappa shape index (κ1) is 26.0. The van der Waals surface area contributed by atoms with E-state index in [1.54, 1.807) is 37.6 Å². The van der Waals surface area contributed by atoms with Crippen molar-refractivity contribution in [1.29, 1.82) is 0 Å². The Kier molecular flexibility index (Phi) is 9.77. The number of rotatable bonds is 13. The molecule has 3 rings (SSSR count). The van der Waals surface area contributed by atoms with Crippen LogP contribution in [0.5, 0.6) is 11.5 Å². The summed E-state index contributed by atoms with van der Waals surface area (Å²) in [5.41, 5.74) is 2.23. The van der Waals surface area contributed by atoms with Crippen molar-refractivity contribution in [3.8, 4) is 11.5 Å². The number of methoxy groups -OCH3 is 3. The Labute approximate surface area is 206 Å². The molecule has 1 aromatic heterocycles. The maximum atomic E-state index is 13.5. The Balaban J connectivity index is 1.73. The number of amides is 2. The van der Waals surface area contributed by atoms with E-state index in [2.05, 4.69) is 13.0 Å². The van der Waals surface area contributed by atoms with Gasteiger partial charge in [0.15, 0.2) is 11.5 Å². The lowest BCUT2D eigenvalue weighted by atomic mass is 9.84. The molecule has 0 saturated heterocycles. The minimum atomic E-state index is -0.0444. The highest BCUT2D eigenvalue weighted by Gasteiger charge is 2.31. The highest BCUT2D eigenvalue weighted by Crippen LogP contribution is 2.29. The molecule has 2 aromatic rings. The van der Waals surface area contributed by atoms with Crippen LogP contribution in [0.25, 0.3) is 0 Å². The van der Waals surface area contributed by atoms with Gasteiger partial charge in [-0.25, -0.2) is 0 Å². The number of ether oxygens (including phenoxy) is 3. The Bertz CT molecular complexity index is 956. The lowest BCUT2D eigenvalue weighted by Gasteiger charge is -2.33. The van der Waals surface area contributed by atoms with Crippen LogP contribution in [0.4, 0.5) is 0 Å². The second-order valence-corrected chi connectivity index (χ2v) is 9.66. The molecule has 1 fully saturated rings. The van der Waals surface area contributed by atoms with E-state index in [0.717, 1.165) is 29.7 Å². The predicted molar refractivity (Wildman–Crippen MR) is 134 cm³/mol. The van der Waals surface area contributed by atoms with Crippen LogP contribution in [-0.4, -0.2) is 69.2 Å². The van der Waals surface area contributed by atoms with Crippen LogP contribution in [0.1, 0.15) is 35.3 Å². The first-order chi connectivity index (χ1) is 16.5. The van der Waals surface area contributed by atoms with E-state index in [9.17, 15) is 9.59 Å². The van der Waals surface area contributed by atoms with Crippen LogP contribution in [0.15, 0.2) is 29.6 Å². The van der Waals surface area contributed by atoms with E-state index in [1.807, 2.05) is 28.5 Å². The minimum Gasteiger partial charge on any atom is -0.493 e. The second kappa shape index (κ2) is 12.8. The SMILES string of the molecule is COCCN(CC(=O)N(CCc1ccc(OC)c(OC)c1)Cc1sccc1C)C(=O)C1CCC1. The standard InChI is InChI=1S/C26H36N2O5S/c1-19-11-15-34-24(19)17-27(12-10-20-8-9-22(32-3)23(16-20)33-4)25(29)18-28(13-14-31-2)26(30)21-6-5-7-21/h8-9,11,15-16,21H,5-7,10,12-14,17-18H2,1-4H3. The fourth-order valence-electron chi connectivity index (χ4n) is 3.98. The molecule has 1 heterocycles. The molecule has 7 nitrogen and oxygen atoms in total. The number of hydrogen-bond donors (Lipinski definition) is 0. The zero-order valence-corrected chi connectivity index (χ0v) is 21.5. The summed E-state index contributed by atoms with van der Waals surface area (Å²) in [6, 6.07) is 7.89. The molecular weight excluding hydrogens is 452 g/mol. The van der Waals surface area contributed by atoms with E-state index in [4.69, 9.17) is 14.2 Å². The number of nitrogens with zero attached hydrogens (tertiary/aromatic N) is 2. The van der Waals surface area contributed by atoms with Gasteiger partial charge in [-0.1, -0.05) is 12.5 Å². The van der Waals surface area contributed by atoms with E-state index in [0.29, 0.717) is 44.2 Å². The maximum absolute atomic E-state index is 13.5. The largest absolute Gasteiger partial charge is 0.493 e. The van der Waals surface area contributed by atoms with Gasteiger partial charge in [0.2, 0.25) is 11.8 Å². The van der Waals surface area contributed by atoms with Crippen molar-refractivity contribution < 1.29 is 23.8 Å². The second-order valence-electron chi connectivity index (χ2n) is 8.66. The molecule has 0 spiro atoms. The molecular formula is C26H36N2O5S. The average molecular weight is 489 g/mol. The van der Waals surface area contributed by atoms with Gasteiger partial charge in [-0.15, -0.1) is 11.3 Å². The van der Waals surface area contributed by atoms with Gasteiger partial charge in [0.25, 0.3) is 0 Å². The van der Waals surface area contributed by atoms with Gasteiger partial charge in [-0.2, -0.15) is 0 Å². The molecule has 1 aromatic carbocycles. The molecule has 1 aliphatic carbocycles. The van der Waals surface area contributed by atoms with E-state index >= 15 is 0 Å². The Morgan fingerprint density at radius 2 is 1.79 bits per heavy atom. The highest BCUT2D eigenvalue weighted by molar-refractivity contribution is 7.10. The summed E-state index contributed by atoms with van der Waals surface area (Å²) in [7, 11) is 4.84. The van der Waals surface area contributed by atoms with Gasteiger partial charge in [-0.05, 0) is 60.9 Å². The Hall–Kier alpha value is -2.58. The molecule has 0 atom stereocenters. The van der Waals surface area contributed by atoms with Crippen LogP contribution < -0.4 is 9.47 Å². The van der Waals surface area contributed by atoms with Crippen molar-refractivity contribution >= 4 is 23.2 Å². The summed E-state index contributed by atoms with van der Waals surface area (Å²) in [6.07, 6.45) is 3.57. The Morgan fingerprint density at radius 3 is 2.38 bits per heavy atom. The van der Waals surface area contributed by atoms with Crippen LogP contribution >= 0.6 is 11.3 Å². The molecule has 0 aliphatic heterocycles. The molecule has 186 valence electrons. The number of carbonyl (C=O) groups excluding carboxylic acids is 2. The normalized spacial score (nSPS) is 13.3. The fraction of sp³-hybridized carbons (Fsp3) is 0.538. The van der Waals surface area contributed by atoms with E-state index in [1.165, 1.54) is 5.56 Å². The monoisotopic (exact) mass is 488 g/mol. The smallest absolute Gasteiger partial charge is 0.242 e. The van der Waals surface area contributed by atoms with Crippen molar-refractivity contribution in [2.75, 3.05) is 47.6 Å². The van der Waals surface area contributed by atoms with Gasteiger partial charge < -0.3 is 24.0 Å². The van der Waals surface area contributed by atoms with Crippen molar-refractivity contribution in [1.82, 2.24) is 9.80 Å². The topological polar surface area (TPSA) is 68.3 Å². The number of aryl methyl sites for hydroxylation is 1. The zero-order chi connectivity index (χ0) is 24.5. The summed E-state index contributed by atoms with van der Waals surface area (Å²) in [5, 5.41) is 2.05. The molecule has 0 radical (unpaired) electrons. The summed E-state index contributed by atoms with van der Waals surface area (Å²) in [4.78, 5) is 31.1. The van der Waals surface area contributed by atoms with Gasteiger partial charge in [0.1, 0.15) is 0 Å².